The van der Waals surface area contributed by atoms with E-state index in [1.54, 1.807) is 18.3 Å². The van der Waals surface area contributed by atoms with Gasteiger partial charge in [-0.2, -0.15) is 0 Å². The van der Waals surface area contributed by atoms with Crippen LogP contribution in [0.1, 0.15) is 50.5 Å². The topological polar surface area (TPSA) is 119 Å². The Morgan fingerprint density at radius 1 is 1.15 bits per heavy atom. The maximum Gasteiger partial charge on any atom is 0.323 e. The second kappa shape index (κ2) is 11.5. The summed E-state index contributed by atoms with van der Waals surface area (Å²) in [6, 6.07) is 7.90. The highest BCUT2D eigenvalue weighted by Gasteiger charge is 2.25. The van der Waals surface area contributed by atoms with Crippen molar-refractivity contribution in [1.29, 1.82) is 0 Å². The number of urea groups is 1. The number of carbonyl (C=O) groups excluding carboxylic acids is 1. The quantitative estimate of drug-likeness (QED) is 0.214. The van der Waals surface area contributed by atoms with Crippen LogP contribution < -0.4 is 26.4 Å². The van der Waals surface area contributed by atoms with E-state index in [0.717, 1.165) is 42.4 Å². The molecule has 4 aromatic rings. The van der Waals surface area contributed by atoms with Crippen LogP contribution >= 0.6 is 0 Å². The third-order valence-corrected chi connectivity index (χ3v) is 7.22. The van der Waals surface area contributed by atoms with E-state index in [0.29, 0.717) is 17.3 Å². The second-order valence-corrected chi connectivity index (χ2v) is 10.3. The summed E-state index contributed by atoms with van der Waals surface area (Å²) in [5, 5.41) is 8.42. The number of rotatable bonds is 7. The molecule has 0 aliphatic heterocycles. The van der Waals surface area contributed by atoms with E-state index >= 15 is 4.39 Å². The molecule has 5 rings (SSSR count). The molecule has 2 aromatic carbocycles. The molecule has 0 saturated heterocycles. The van der Waals surface area contributed by atoms with E-state index in [2.05, 4.69) is 27.0 Å². The molecule has 1 aliphatic carbocycles. The number of aromatic nitrogens is 3. The zero-order valence-electron chi connectivity index (χ0n) is 23.4. The number of nitrogens with zero attached hydrogens (tertiary/aromatic N) is 3. The largest absolute Gasteiger partial charge is 0.497 e. The lowest BCUT2D eigenvalue weighted by molar-refractivity contribution is 0.262. The number of hydrogen-bond acceptors (Lipinski definition) is 6. The Bertz CT molecular complexity index is 1650. The van der Waals surface area contributed by atoms with E-state index in [4.69, 9.17) is 15.5 Å². The van der Waals surface area contributed by atoms with Gasteiger partial charge in [-0.3, -0.25) is 4.40 Å². The molecule has 5 N–H and O–H groups in total. The maximum atomic E-state index is 15.6. The number of methoxy groups -OCH3 is 1. The van der Waals surface area contributed by atoms with E-state index in [1.165, 1.54) is 25.3 Å². The van der Waals surface area contributed by atoms with Crippen LogP contribution in [0.15, 0.2) is 48.7 Å². The Labute approximate surface area is 236 Å². The van der Waals surface area contributed by atoms with Crippen molar-refractivity contribution in [3.05, 3.63) is 71.8 Å². The van der Waals surface area contributed by atoms with Crippen molar-refractivity contribution < 1.29 is 18.3 Å². The smallest absolute Gasteiger partial charge is 0.323 e. The van der Waals surface area contributed by atoms with E-state index in [-0.39, 0.29) is 34.4 Å². The van der Waals surface area contributed by atoms with Crippen LogP contribution in [-0.2, 0) is 0 Å². The highest BCUT2D eigenvalue weighted by Crippen LogP contribution is 2.37. The van der Waals surface area contributed by atoms with Crippen molar-refractivity contribution in [3.63, 3.8) is 0 Å². The number of nitrogens with one attached hydrogen (secondary N) is 3. The summed E-state index contributed by atoms with van der Waals surface area (Å²) in [4.78, 5) is 21.8. The summed E-state index contributed by atoms with van der Waals surface area (Å²) in [5.74, 6) is 0.121. The molecular formula is C30H33F2N7O2. The summed E-state index contributed by atoms with van der Waals surface area (Å²) in [6.07, 6.45) is 6.75. The highest BCUT2D eigenvalue weighted by molar-refractivity contribution is 6.00. The molecule has 214 valence electrons. The van der Waals surface area contributed by atoms with Gasteiger partial charge in [0, 0.05) is 41.0 Å². The summed E-state index contributed by atoms with van der Waals surface area (Å²) in [6.45, 7) is 4.06. The number of carbonyl (C=O) groups is 1. The molecule has 0 fully saturated rings. The van der Waals surface area contributed by atoms with Gasteiger partial charge >= 0.3 is 6.03 Å². The summed E-state index contributed by atoms with van der Waals surface area (Å²) in [7, 11) is 3.36. The predicted octanol–water partition coefficient (Wildman–Crippen LogP) is 6.19. The molecule has 41 heavy (non-hydrogen) atoms. The summed E-state index contributed by atoms with van der Waals surface area (Å²) >= 11 is 0. The van der Waals surface area contributed by atoms with Gasteiger partial charge in [-0.05, 0) is 56.1 Å². The van der Waals surface area contributed by atoms with Crippen molar-refractivity contribution in [2.75, 3.05) is 30.5 Å². The van der Waals surface area contributed by atoms with Gasteiger partial charge in [-0.1, -0.05) is 19.9 Å². The number of ether oxygens (including phenoxy) is 1. The van der Waals surface area contributed by atoms with Gasteiger partial charge in [0.05, 0.1) is 19.0 Å². The Balaban J connectivity index is 1.48. The molecule has 0 saturated carbocycles. The third-order valence-electron chi connectivity index (χ3n) is 7.22. The average molecular weight is 562 g/mol. The number of hydrogen-bond donors (Lipinski definition) is 4. The zero-order chi connectivity index (χ0) is 29.3. The summed E-state index contributed by atoms with van der Waals surface area (Å²) in [5.41, 5.74) is 9.98. The van der Waals surface area contributed by atoms with Crippen molar-refractivity contribution in [3.8, 4) is 17.0 Å². The Morgan fingerprint density at radius 3 is 2.59 bits per heavy atom. The molecule has 0 bridgehead atoms. The van der Waals surface area contributed by atoms with Crippen LogP contribution in [0.2, 0.25) is 0 Å². The van der Waals surface area contributed by atoms with Crippen LogP contribution in [0.4, 0.5) is 30.8 Å². The highest BCUT2D eigenvalue weighted by atomic mass is 19.1. The minimum absolute atomic E-state index is 0.0280. The van der Waals surface area contributed by atoms with E-state index < -0.39 is 17.7 Å². The minimum atomic E-state index is -0.668. The number of allylic oxidation sites excluding steroid dienone is 1. The molecule has 1 aliphatic rings. The first-order chi connectivity index (χ1) is 19.7. The SMILES string of the molecule is CNC1CC=C(c2cnc(N)c3c(-c4ccc(NC(=O)Nc5cc(F)cc(OC)c5)cc4F)nc(C(C)C)n23)CC1. The minimum Gasteiger partial charge on any atom is -0.497 e. The van der Waals surface area contributed by atoms with Crippen LogP contribution in [-0.4, -0.2) is 40.6 Å². The van der Waals surface area contributed by atoms with Gasteiger partial charge in [-0.15, -0.1) is 0 Å². The summed E-state index contributed by atoms with van der Waals surface area (Å²) < 4.78 is 36.4. The number of benzene rings is 2. The molecule has 9 nitrogen and oxygen atoms in total. The van der Waals surface area contributed by atoms with Crippen molar-refractivity contribution >= 4 is 34.3 Å². The molecule has 1 atom stereocenters. The lowest BCUT2D eigenvalue weighted by atomic mass is 9.93. The first-order valence-corrected chi connectivity index (χ1v) is 13.4. The number of halogens is 2. The molecule has 11 heteroatoms. The lowest BCUT2D eigenvalue weighted by Gasteiger charge is -2.22. The Hall–Kier alpha value is -4.51. The first-order valence-electron chi connectivity index (χ1n) is 13.4. The molecule has 2 heterocycles. The van der Waals surface area contributed by atoms with Crippen LogP contribution in [0, 0.1) is 11.6 Å². The predicted molar refractivity (Wildman–Crippen MR) is 157 cm³/mol. The van der Waals surface area contributed by atoms with Gasteiger partial charge in [0.25, 0.3) is 0 Å². The molecule has 0 radical (unpaired) electrons. The van der Waals surface area contributed by atoms with Gasteiger partial charge in [0.15, 0.2) is 0 Å². The number of fused-ring (bicyclic) bond motifs is 1. The molecule has 2 amide bonds. The number of nitrogen functional groups attached to an aromatic ring is 1. The zero-order valence-corrected chi connectivity index (χ0v) is 23.4. The van der Waals surface area contributed by atoms with Crippen molar-refractivity contribution in [2.24, 2.45) is 0 Å². The molecule has 1 unspecified atom stereocenters. The van der Waals surface area contributed by atoms with Crippen LogP contribution in [0.5, 0.6) is 5.75 Å². The van der Waals surface area contributed by atoms with Gasteiger partial charge in [0.2, 0.25) is 0 Å². The van der Waals surface area contributed by atoms with Gasteiger partial charge in [0.1, 0.15) is 40.2 Å². The number of imidazole rings is 1. The Morgan fingerprint density at radius 2 is 1.93 bits per heavy atom. The molecular weight excluding hydrogens is 528 g/mol. The molecule has 2 aromatic heterocycles. The van der Waals surface area contributed by atoms with Crippen molar-refractivity contribution in [2.45, 2.75) is 45.1 Å². The fourth-order valence-electron chi connectivity index (χ4n) is 5.13. The monoisotopic (exact) mass is 561 g/mol. The lowest BCUT2D eigenvalue weighted by Crippen LogP contribution is -2.26. The number of anilines is 3. The fraction of sp³-hybridized carbons (Fsp3) is 0.300. The number of amides is 2. The van der Waals surface area contributed by atoms with Gasteiger partial charge in [-0.25, -0.2) is 23.5 Å². The third kappa shape index (κ3) is 5.71. The van der Waals surface area contributed by atoms with Gasteiger partial charge < -0.3 is 26.4 Å². The standard InChI is InChI=1S/C30H33F2N7O2/c1-16(2)29-38-26(27-28(33)35-15-25(39(27)29)17-5-7-19(34-3)8-6-17)23-10-9-20(14-24(23)32)36-30(40)37-21-11-18(31)12-22(13-21)41-4/h5,9-16,19,34H,6-8H2,1-4H3,(H2,33,35)(H2,36,37,40). The average Bonchev–Trinajstić information content (AvgIpc) is 3.35. The maximum absolute atomic E-state index is 15.6. The fourth-order valence-corrected chi connectivity index (χ4v) is 5.13. The second-order valence-electron chi connectivity index (χ2n) is 10.3. The van der Waals surface area contributed by atoms with E-state index in [1.807, 2.05) is 25.3 Å². The van der Waals surface area contributed by atoms with E-state index in [9.17, 15) is 9.18 Å². The van der Waals surface area contributed by atoms with Crippen LogP contribution in [0.3, 0.4) is 0 Å². The first kappa shape index (κ1) is 28.0. The van der Waals surface area contributed by atoms with Crippen molar-refractivity contribution in [1.82, 2.24) is 19.7 Å². The Kier molecular flexibility index (Phi) is 7.89. The molecule has 0 spiro atoms. The van der Waals surface area contributed by atoms with Crippen LogP contribution in [0.25, 0.3) is 22.3 Å². The number of nitrogens with two attached hydrogens (primary N) is 1. The normalized spacial score (nSPS) is 15.2.